The number of hydrazine groups is 1. The van der Waals surface area contributed by atoms with Crippen LogP contribution >= 0.6 is 11.6 Å². The second-order valence-electron chi connectivity index (χ2n) is 6.40. The van der Waals surface area contributed by atoms with E-state index in [4.69, 9.17) is 17.4 Å². The Morgan fingerprint density at radius 3 is 2.90 bits per heavy atom. The molecule has 5 heteroatoms. The number of rotatable bonds is 5. The van der Waals surface area contributed by atoms with Crippen LogP contribution in [0, 0.1) is 17.8 Å². The SMILES string of the molecule is CN(Cc1nc(NN)ccc1Cl)CC1CC2CCC1C2. The number of halogens is 1. The van der Waals surface area contributed by atoms with Gasteiger partial charge in [-0.3, -0.25) is 0 Å². The van der Waals surface area contributed by atoms with Crippen molar-refractivity contribution < 1.29 is 0 Å². The molecule has 3 N–H and O–H groups in total. The molecular weight excluding hydrogens is 272 g/mol. The van der Waals surface area contributed by atoms with Crippen molar-refractivity contribution >= 4 is 17.4 Å². The topological polar surface area (TPSA) is 54.2 Å². The summed E-state index contributed by atoms with van der Waals surface area (Å²) in [6.45, 7) is 1.93. The van der Waals surface area contributed by atoms with Gasteiger partial charge in [-0.05, 0) is 56.2 Å². The van der Waals surface area contributed by atoms with Crippen LogP contribution in [0.3, 0.4) is 0 Å². The first-order valence-electron chi connectivity index (χ1n) is 7.46. The molecule has 0 amide bonds. The first kappa shape index (κ1) is 14.1. The highest BCUT2D eigenvalue weighted by molar-refractivity contribution is 6.31. The Morgan fingerprint density at radius 1 is 1.40 bits per heavy atom. The van der Waals surface area contributed by atoms with Crippen LogP contribution in [0.5, 0.6) is 0 Å². The van der Waals surface area contributed by atoms with Gasteiger partial charge in [0.2, 0.25) is 0 Å². The van der Waals surface area contributed by atoms with Crippen molar-refractivity contribution in [3.8, 4) is 0 Å². The number of nitrogens with two attached hydrogens (primary N) is 1. The maximum Gasteiger partial charge on any atom is 0.140 e. The quantitative estimate of drug-likeness (QED) is 0.648. The lowest BCUT2D eigenvalue weighted by Gasteiger charge is -2.27. The third kappa shape index (κ3) is 2.92. The molecule has 3 atom stereocenters. The molecule has 0 radical (unpaired) electrons. The molecule has 1 aromatic heterocycles. The first-order chi connectivity index (χ1) is 9.65. The summed E-state index contributed by atoms with van der Waals surface area (Å²) in [5, 5.41) is 0.712. The normalized spacial score (nSPS) is 28.3. The van der Waals surface area contributed by atoms with E-state index in [-0.39, 0.29) is 0 Å². The van der Waals surface area contributed by atoms with Crippen molar-refractivity contribution in [2.75, 3.05) is 19.0 Å². The highest BCUT2D eigenvalue weighted by Gasteiger charge is 2.39. The van der Waals surface area contributed by atoms with Crippen LogP contribution < -0.4 is 11.3 Å². The standard InChI is InChI=1S/C15H23ClN4/c1-20(8-12-7-10-2-3-11(12)6-10)9-14-13(16)4-5-15(18-14)19-17/h4-5,10-12H,2-3,6-9,17H2,1H3,(H,18,19). The van der Waals surface area contributed by atoms with Gasteiger partial charge >= 0.3 is 0 Å². The molecule has 20 heavy (non-hydrogen) atoms. The Kier molecular flexibility index (Phi) is 4.15. The second kappa shape index (κ2) is 5.88. The van der Waals surface area contributed by atoms with Gasteiger partial charge in [0.25, 0.3) is 0 Å². The molecule has 2 fully saturated rings. The molecule has 2 bridgehead atoms. The lowest BCUT2D eigenvalue weighted by atomic mass is 9.88. The van der Waals surface area contributed by atoms with Gasteiger partial charge in [0.05, 0.1) is 10.7 Å². The summed E-state index contributed by atoms with van der Waals surface area (Å²) in [6.07, 6.45) is 5.78. The van der Waals surface area contributed by atoms with Gasteiger partial charge in [-0.15, -0.1) is 0 Å². The van der Waals surface area contributed by atoms with E-state index in [2.05, 4.69) is 22.4 Å². The molecule has 3 rings (SSSR count). The highest BCUT2D eigenvalue weighted by atomic mass is 35.5. The van der Waals surface area contributed by atoms with Crippen LogP contribution in [-0.4, -0.2) is 23.5 Å². The maximum atomic E-state index is 6.22. The molecule has 3 unspecified atom stereocenters. The zero-order valence-corrected chi connectivity index (χ0v) is 12.7. The van der Waals surface area contributed by atoms with Crippen molar-refractivity contribution in [2.24, 2.45) is 23.6 Å². The molecule has 0 aliphatic heterocycles. The lowest BCUT2D eigenvalue weighted by Crippen LogP contribution is -2.29. The molecule has 110 valence electrons. The Hall–Kier alpha value is -0.840. The van der Waals surface area contributed by atoms with E-state index in [0.717, 1.165) is 36.5 Å². The van der Waals surface area contributed by atoms with Gasteiger partial charge in [-0.25, -0.2) is 10.8 Å². The van der Waals surface area contributed by atoms with Crippen LogP contribution in [0.15, 0.2) is 12.1 Å². The molecular formula is C15H23ClN4. The summed E-state index contributed by atoms with van der Waals surface area (Å²) in [6, 6.07) is 3.65. The monoisotopic (exact) mass is 294 g/mol. The van der Waals surface area contributed by atoms with Crippen molar-refractivity contribution in [3.63, 3.8) is 0 Å². The number of nitrogens with one attached hydrogen (secondary N) is 1. The lowest BCUT2D eigenvalue weighted by molar-refractivity contribution is 0.213. The molecule has 0 aromatic carbocycles. The number of anilines is 1. The summed E-state index contributed by atoms with van der Waals surface area (Å²) >= 11 is 6.22. The van der Waals surface area contributed by atoms with Gasteiger partial charge in [0, 0.05) is 13.1 Å². The summed E-state index contributed by atoms with van der Waals surface area (Å²) < 4.78 is 0. The van der Waals surface area contributed by atoms with Gasteiger partial charge in [0.15, 0.2) is 0 Å². The van der Waals surface area contributed by atoms with E-state index in [9.17, 15) is 0 Å². The fourth-order valence-corrected chi connectivity index (χ4v) is 4.16. The van der Waals surface area contributed by atoms with Gasteiger partial charge < -0.3 is 10.3 Å². The average Bonchev–Trinajstić information content (AvgIpc) is 3.03. The van der Waals surface area contributed by atoms with Crippen molar-refractivity contribution in [1.82, 2.24) is 9.88 Å². The molecule has 2 saturated carbocycles. The molecule has 0 spiro atoms. The molecule has 2 aliphatic rings. The number of pyridine rings is 1. The van der Waals surface area contributed by atoms with Crippen LogP contribution in [0.25, 0.3) is 0 Å². The first-order valence-corrected chi connectivity index (χ1v) is 7.84. The van der Waals surface area contributed by atoms with Gasteiger partial charge in [-0.1, -0.05) is 18.0 Å². The highest BCUT2D eigenvalue weighted by Crippen LogP contribution is 2.48. The minimum absolute atomic E-state index is 0.665. The van der Waals surface area contributed by atoms with Gasteiger partial charge in [-0.2, -0.15) is 0 Å². The Labute approximate surface area is 125 Å². The van der Waals surface area contributed by atoms with Gasteiger partial charge in [0.1, 0.15) is 5.82 Å². The van der Waals surface area contributed by atoms with E-state index in [1.807, 2.05) is 6.07 Å². The molecule has 2 aliphatic carbocycles. The minimum atomic E-state index is 0.665. The molecule has 4 nitrogen and oxygen atoms in total. The van der Waals surface area contributed by atoms with Crippen molar-refractivity contribution in [1.29, 1.82) is 0 Å². The van der Waals surface area contributed by atoms with E-state index in [1.165, 1.54) is 25.7 Å². The molecule has 1 aromatic rings. The third-order valence-corrected chi connectivity index (χ3v) is 5.26. The fourth-order valence-electron chi connectivity index (χ4n) is 4.00. The number of hydrogen-bond donors (Lipinski definition) is 2. The van der Waals surface area contributed by atoms with Crippen molar-refractivity contribution in [2.45, 2.75) is 32.2 Å². The zero-order valence-electron chi connectivity index (χ0n) is 12.0. The fraction of sp³-hybridized carbons (Fsp3) is 0.667. The number of nitrogen functional groups attached to an aromatic ring is 1. The largest absolute Gasteiger partial charge is 0.308 e. The summed E-state index contributed by atoms with van der Waals surface area (Å²) in [4.78, 5) is 6.79. The maximum absolute atomic E-state index is 6.22. The van der Waals surface area contributed by atoms with E-state index in [1.54, 1.807) is 6.07 Å². The van der Waals surface area contributed by atoms with Crippen LogP contribution in [0.2, 0.25) is 5.02 Å². The van der Waals surface area contributed by atoms with Crippen LogP contribution in [0.4, 0.5) is 5.82 Å². The van der Waals surface area contributed by atoms with E-state index >= 15 is 0 Å². The van der Waals surface area contributed by atoms with E-state index < -0.39 is 0 Å². The van der Waals surface area contributed by atoms with Crippen molar-refractivity contribution in [3.05, 3.63) is 22.8 Å². The number of hydrogen-bond acceptors (Lipinski definition) is 4. The minimum Gasteiger partial charge on any atom is -0.308 e. The predicted octanol–water partition coefficient (Wildman–Crippen LogP) is 2.89. The number of nitrogens with zero attached hydrogens (tertiary/aromatic N) is 2. The average molecular weight is 295 g/mol. The van der Waals surface area contributed by atoms with Crippen LogP contribution in [-0.2, 0) is 6.54 Å². The predicted molar refractivity (Wildman–Crippen MR) is 82.3 cm³/mol. The third-order valence-electron chi connectivity index (χ3n) is 4.92. The Balaban J connectivity index is 1.60. The number of fused-ring (bicyclic) bond motifs is 2. The smallest absolute Gasteiger partial charge is 0.140 e. The zero-order chi connectivity index (χ0) is 14.1. The number of aromatic nitrogens is 1. The summed E-state index contributed by atoms with van der Waals surface area (Å²) in [5.74, 6) is 8.90. The Bertz CT molecular complexity index is 479. The van der Waals surface area contributed by atoms with Crippen LogP contribution in [0.1, 0.15) is 31.4 Å². The summed E-state index contributed by atoms with van der Waals surface area (Å²) in [5.41, 5.74) is 3.47. The second-order valence-corrected chi connectivity index (χ2v) is 6.81. The molecule has 1 heterocycles. The molecule has 0 saturated heterocycles. The Morgan fingerprint density at radius 2 is 2.25 bits per heavy atom. The van der Waals surface area contributed by atoms with E-state index in [0.29, 0.717) is 10.8 Å². The summed E-state index contributed by atoms with van der Waals surface area (Å²) in [7, 11) is 2.16.